The maximum atomic E-state index is 12.0. The zero-order valence-corrected chi connectivity index (χ0v) is 13.3. The molecule has 0 radical (unpaired) electrons. The maximum Gasteiger partial charge on any atom is 0.184 e. The number of carbonyl (C=O) groups is 1. The second kappa shape index (κ2) is 4.95. The van der Waals surface area contributed by atoms with Gasteiger partial charge in [0, 0.05) is 5.57 Å². The Morgan fingerprint density at radius 1 is 1.23 bits per heavy atom. The Morgan fingerprint density at radius 2 is 2.05 bits per heavy atom. The van der Waals surface area contributed by atoms with Crippen LogP contribution in [0.2, 0.25) is 0 Å². The Kier molecular flexibility index (Phi) is 3.26. The van der Waals surface area contributed by atoms with Crippen molar-refractivity contribution in [2.75, 3.05) is 0 Å². The molecule has 3 heteroatoms. The number of carbonyl (C=O) groups excluding carboxylic acids is 1. The lowest BCUT2D eigenvalue weighted by Crippen LogP contribution is -2.47. The van der Waals surface area contributed by atoms with Gasteiger partial charge < -0.3 is 10.2 Å². The Balaban J connectivity index is 1.65. The van der Waals surface area contributed by atoms with E-state index in [9.17, 15) is 15.0 Å². The van der Waals surface area contributed by atoms with Crippen molar-refractivity contribution in [1.82, 2.24) is 0 Å². The van der Waals surface area contributed by atoms with E-state index in [1.54, 1.807) is 6.08 Å². The van der Waals surface area contributed by atoms with Gasteiger partial charge in [-0.2, -0.15) is 0 Å². The number of fused-ring (bicyclic) bond motifs is 5. The lowest BCUT2D eigenvalue weighted by molar-refractivity contribution is -0.112. The minimum atomic E-state index is -0.128. The highest BCUT2D eigenvalue weighted by atomic mass is 16.3. The van der Waals surface area contributed by atoms with Crippen molar-refractivity contribution >= 4 is 5.78 Å². The molecule has 0 bridgehead atoms. The highest BCUT2D eigenvalue weighted by molar-refractivity contribution is 6.05. The number of rotatable bonds is 0. The van der Waals surface area contributed by atoms with Crippen molar-refractivity contribution in [3.63, 3.8) is 0 Å². The molecule has 0 aromatic rings. The molecule has 0 heterocycles. The Bertz CT molecular complexity index is 561. The van der Waals surface area contributed by atoms with Gasteiger partial charge in [-0.05, 0) is 80.1 Å². The Hall–Kier alpha value is -1.09. The summed E-state index contributed by atoms with van der Waals surface area (Å²) in [5.74, 6) is 2.40. The van der Waals surface area contributed by atoms with Crippen LogP contribution < -0.4 is 0 Å². The van der Waals surface area contributed by atoms with Gasteiger partial charge in [-0.3, -0.25) is 4.79 Å². The van der Waals surface area contributed by atoms with Gasteiger partial charge in [0.15, 0.2) is 5.78 Å². The fourth-order valence-corrected chi connectivity index (χ4v) is 6.17. The summed E-state index contributed by atoms with van der Waals surface area (Å²) in [6.07, 6.45) is 9.98. The molecule has 0 aromatic heterocycles. The van der Waals surface area contributed by atoms with Crippen LogP contribution >= 0.6 is 0 Å². The zero-order valence-electron chi connectivity index (χ0n) is 13.3. The summed E-state index contributed by atoms with van der Waals surface area (Å²) in [5, 5.41) is 19.8. The first-order chi connectivity index (χ1) is 10.5. The smallest absolute Gasteiger partial charge is 0.184 e. The molecule has 0 aliphatic heterocycles. The first-order valence-corrected chi connectivity index (χ1v) is 8.80. The van der Waals surface area contributed by atoms with Crippen LogP contribution in [0.15, 0.2) is 23.5 Å². The molecule has 4 rings (SSSR count). The molecule has 0 saturated heterocycles. The van der Waals surface area contributed by atoms with Crippen molar-refractivity contribution in [1.29, 1.82) is 0 Å². The van der Waals surface area contributed by atoms with E-state index in [0.717, 1.165) is 38.4 Å². The summed E-state index contributed by atoms with van der Waals surface area (Å²) < 4.78 is 0. The third-order valence-corrected chi connectivity index (χ3v) is 7.43. The molecule has 0 aromatic carbocycles. The van der Waals surface area contributed by atoms with Crippen LogP contribution in [0.3, 0.4) is 0 Å². The molecule has 6 atom stereocenters. The average molecular weight is 302 g/mol. The first-order valence-electron chi connectivity index (χ1n) is 8.80. The number of aliphatic hydroxyl groups is 2. The molecule has 0 amide bonds. The first kappa shape index (κ1) is 14.5. The van der Waals surface area contributed by atoms with E-state index >= 15 is 0 Å². The van der Waals surface area contributed by atoms with Crippen LogP contribution in [0.1, 0.15) is 51.9 Å². The number of ketones is 1. The topological polar surface area (TPSA) is 57.5 Å². The molecule has 2 N–H and O–H groups in total. The highest BCUT2D eigenvalue weighted by Gasteiger charge is 2.56. The van der Waals surface area contributed by atoms with Crippen LogP contribution in [0, 0.1) is 29.1 Å². The van der Waals surface area contributed by atoms with Crippen LogP contribution in [0.5, 0.6) is 0 Å². The van der Waals surface area contributed by atoms with Gasteiger partial charge in [-0.25, -0.2) is 0 Å². The van der Waals surface area contributed by atoms with Gasteiger partial charge in [0.1, 0.15) is 0 Å². The predicted octanol–water partition coefficient (Wildman–Crippen LogP) is 3.54. The molecule has 120 valence electrons. The quantitative estimate of drug-likeness (QED) is 0.531. The number of hydrogen-bond donors (Lipinski definition) is 2. The fraction of sp³-hybridized carbons (Fsp3) is 0.737. The number of aliphatic hydroxyl groups excluding tert-OH is 2. The number of hydrogen-bond acceptors (Lipinski definition) is 3. The van der Waals surface area contributed by atoms with Crippen molar-refractivity contribution in [2.45, 2.75) is 58.0 Å². The van der Waals surface area contributed by atoms with Gasteiger partial charge in [-0.15, -0.1) is 0 Å². The Morgan fingerprint density at radius 3 is 2.82 bits per heavy atom. The summed E-state index contributed by atoms with van der Waals surface area (Å²) in [4.78, 5) is 12.0. The van der Waals surface area contributed by atoms with E-state index in [0.29, 0.717) is 35.7 Å². The molecule has 0 unspecified atom stereocenters. The molecule has 3 fully saturated rings. The van der Waals surface area contributed by atoms with Crippen LogP contribution in [0.25, 0.3) is 0 Å². The molecule has 22 heavy (non-hydrogen) atoms. The third-order valence-electron chi connectivity index (χ3n) is 7.43. The van der Waals surface area contributed by atoms with Gasteiger partial charge >= 0.3 is 0 Å². The average Bonchev–Trinajstić information content (AvgIpc) is 2.82. The van der Waals surface area contributed by atoms with Gasteiger partial charge in [0.2, 0.25) is 0 Å². The maximum absolute atomic E-state index is 12.0. The second-order valence-corrected chi connectivity index (χ2v) is 8.16. The third kappa shape index (κ3) is 1.87. The van der Waals surface area contributed by atoms with Crippen LogP contribution in [0.4, 0.5) is 0 Å². The van der Waals surface area contributed by atoms with Crippen molar-refractivity contribution in [2.24, 2.45) is 29.1 Å². The second-order valence-electron chi connectivity index (χ2n) is 8.16. The Labute approximate surface area is 132 Å². The largest absolute Gasteiger partial charge is 0.515 e. The highest BCUT2D eigenvalue weighted by Crippen LogP contribution is 2.61. The van der Waals surface area contributed by atoms with Crippen molar-refractivity contribution in [3.8, 4) is 0 Å². The number of allylic oxidation sites excluding steroid dienone is 2. The minimum absolute atomic E-state index is 0.00383. The van der Waals surface area contributed by atoms with Gasteiger partial charge in [0.05, 0.1) is 12.4 Å². The summed E-state index contributed by atoms with van der Waals surface area (Å²) >= 11 is 0. The molecular weight excluding hydrogens is 276 g/mol. The van der Waals surface area contributed by atoms with Gasteiger partial charge in [-0.1, -0.05) is 12.5 Å². The van der Waals surface area contributed by atoms with E-state index in [4.69, 9.17) is 0 Å². The zero-order chi connectivity index (χ0) is 15.5. The summed E-state index contributed by atoms with van der Waals surface area (Å²) in [5.41, 5.74) is 2.01. The summed E-state index contributed by atoms with van der Waals surface area (Å²) in [6.45, 7) is 2.29. The van der Waals surface area contributed by atoms with E-state index in [2.05, 4.69) is 6.92 Å². The summed E-state index contributed by atoms with van der Waals surface area (Å²) in [6, 6.07) is 0. The van der Waals surface area contributed by atoms with E-state index in [-0.39, 0.29) is 17.3 Å². The molecule has 3 nitrogen and oxygen atoms in total. The lowest BCUT2D eigenvalue weighted by atomic mass is 9.52. The molecule has 0 spiro atoms. The van der Waals surface area contributed by atoms with Crippen molar-refractivity contribution in [3.05, 3.63) is 23.5 Å². The standard InChI is InChI=1S/C19H26O3/c1-19-7-6-13-14(16(19)4-5-18(19)22)3-2-11-9-17(21)12(10-20)8-15(11)13/h9-10,13-16,18,20,22H,2-8H2,1H3/b12-10-/t13-,14+,15-,16-,18-,19-/m0/s1. The normalized spacial score (nSPS) is 49.4. The molecule has 3 saturated carbocycles. The monoisotopic (exact) mass is 302 g/mol. The summed E-state index contributed by atoms with van der Waals surface area (Å²) in [7, 11) is 0. The predicted molar refractivity (Wildman–Crippen MR) is 84.2 cm³/mol. The fourth-order valence-electron chi connectivity index (χ4n) is 6.17. The molecule has 4 aliphatic rings. The van der Waals surface area contributed by atoms with Crippen molar-refractivity contribution < 1.29 is 15.0 Å². The van der Waals surface area contributed by atoms with E-state index in [1.807, 2.05) is 0 Å². The van der Waals surface area contributed by atoms with E-state index in [1.165, 1.54) is 12.0 Å². The van der Waals surface area contributed by atoms with Crippen LogP contribution in [-0.2, 0) is 4.79 Å². The van der Waals surface area contributed by atoms with E-state index < -0.39 is 0 Å². The molecular formula is C19H26O3. The minimum Gasteiger partial charge on any atom is -0.515 e. The van der Waals surface area contributed by atoms with Gasteiger partial charge in [0.25, 0.3) is 0 Å². The molecule has 4 aliphatic carbocycles. The lowest BCUT2D eigenvalue weighted by Gasteiger charge is -2.53. The van der Waals surface area contributed by atoms with Crippen LogP contribution in [-0.4, -0.2) is 22.1 Å². The SMILES string of the molecule is C[C@]12CC[C@H]3[C@@H](CCC4=CC(=O)/C(=C\O)C[C@@H]43)[C@@H]1CC[C@@H]2O.